The van der Waals surface area contributed by atoms with Gasteiger partial charge in [0.15, 0.2) is 6.61 Å². The van der Waals surface area contributed by atoms with Gasteiger partial charge in [-0.2, -0.15) is 4.98 Å². The summed E-state index contributed by atoms with van der Waals surface area (Å²) in [6.07, 6.45) is 1.83. The SMILES string of the molecule is Cc1nc(COc2ccccc2C(=O)N2CCC(c3nc4ccccc4s3)CC2)no1. The van der Waals surface area contributed by atoms with Crippen LogP contribution in [0, 0.1) is 6.92 Å². The van der Waals surface area contributed by atoms with E-state index in [2.05, 4.69) is 22.3 Å². The number of benzene rings is 2. The Morgan fingerprint density at radius 1 is 1.13 bits per heavy atom. The molecule has 3 heterocycles. The van der Waals surface area contributed by atoms with Gasteiger partial charge in [-0.25, -0.2) is 4.98 Å². The molecule has 1 amide bonds. The number of aryl methyl sites for hydroxylation is 1. The van der Waals surface area contributed by atoms with Crippen molar-refractivity contribution in [2.24, 2.45) is 0 Å². The summed E-state index contributed by atoms with van der Waals surface area (Å²) in [6.45, 7) is 3.29. The fraction of sp³-hybridized carbons (Fsp3) is 0.304. The molecule has 31 heavy (non-hydrogen) atoms. The third-order valence-electron chi connectivity index (χ3n) is 5.49. The molecule has 1 fully saturated rings. The van der Waals surface area contributed by atoms with Gasteiger partial charge in [0.05, 0.1) is 20.8 Å². The van der Waals surface area contributed by atoms with E-state index < -0.39 is 0 Å². The second-order valence-electron chi connectivity index (χ2n) is 7.60. The highest BCUT2D eigenvalue weighted by atomic mass is 32.1. The fourth-order valence-corrected chi connectivity index (χ4v) is 5.01. The van der Waals surface area contributed by atoms with Crippen LogP contribution < -0.4 is 4.74 Å². The van der Waals surface area contributed by atoms with E-state index in [1.807, 2.05) is 29.2 Å². The number of para-hydroxylation sites is 2. The molecule has 0 aliphatic carbocycles. The van der Waals surface area contributed by atoms with E-state index in [0.717, 1.165) is 18.4 Å². The van der Waals surface area contributed by atoms with Gasteiger partial charge in [-0.15, -0.1) is 11.3 Å². The highest BCUT2D eigenvalue weighted by Crippen LogP contribution is 2.34. The minimum Gasteiger partial charge on any atom is -0.485 e. The first-order chi connectivity index (χ1) is 15.2. The summed E-state index contributed by atoms with van der Waals surface area (Å²) >= 11 is 1.76. The average molecular weight is 435 g/mol. The maximum atomic E-state index is 13.2. The number of hydrogen-bond acceptors (Lipinski definition) is 7. The van der Waals surface area contributed by atoms with Crippen LogP contribution in [0.15, 0.2) is 53.1 Å². The number of piperidine rings is 1. The maximum Gasteiger partial charge on any atom is 0.257 e. The van der Waals surface area contributed by atoms with Crippen LogP contribution in [0.3, 0.4) is 0 Å². The average Bonchev–Trinajstić information content (AvgIpc) is 3.43. The van der Waals surface area contributed by atoms with Gasteiger partial charge in [0.25, 0.3) is 5.91 Å². The van der Waals surface area contributed by atoms with Gasteiger partial charge in [-0.3, -0.25) is 4.79 Å². The largest absolute Gasteiger partial charge is 0.485 e. The van der Waals surface area contributed by atoms with Crippen LogP contribution in [0.4, 0.5) is 0 Å². The molecule has 4 aromatic rings. The van der Waals surface area contributed by atoms with Crippen LogP contribution >= 0.6 is 11.3 Å². The zero-order chi connectivity index (χ0) is 21.2. The van der Waals surface area contributed by atoms with Crippen molar-refractivity contribution in [1.29, 1.82) is 0 Å². The van der Waals surface area contributed by atoms with Crippen LogP contribution in [0.25, 0.3) is 10.2 Å². The molecule has 0 atom stereocenters. The number of aromatic nitrogens is 3. The van der Waals surface area contributed by atoms with E-state index in [4.69, 9.17) is 14.2 Å². The standard InChI is InChI=1S/C23H22N4O3S/c1-15-24-21(26-30-15)14-29-19-8-4-2-6-17(19)23(28)27-12-10-16(11-13-27)22-25-18-7-3-5-9-20(18)31-22/h2-9,16H,10-14H2,1H3. The van der Waals surface area contributed by atoms with Crippen LogP contribution in [-0.2, 0) is 6.61 Å². The number of rotatable bonds is 5. The summed E-state index contributed by atoms with van der Waals surface area (Å²) in [6, 6.07) is 15.5. The maximum absolute atomic E-state index is 13.2. The Bertz CT molecular complexity index is 1180. The Kier molecular flexibility index (Phi) is 5.38. The Balaban J connectivity index is 1.25. The normalized spacial score (nSPS) is 14.8. The molecule has 2 aromatic heterocycles. The first-order valence-corrected chi connectivity index (χ1v) is 11.1. The third kappa shape index (κ3) is 4.16. The van der Waals surface area contributed by atoms with Crippen molar-refractivity contribution in [3.8, 4) is 5.75 Å². The lowest BCUT2D eigenvalue weighted by Gasteiger charge is -2.31. The number of carbonyl (C=O) groups is 1. The zero-order valence-electron chi connectivity index (χ0n) is 17.2. The van der Waals surface area contributed by atoms with Crippen molar-refractivity contribution in [3.63, 3.8) is 0 Å². The molecule has 158 valence electrons. The summed E-state index contributed by atoms with van der Waals surface area (Å²) in [5.74, 6) is 1.86. The van der Waals surface area contributed by atoms with Crippen molar-refractivity contribution in [2.75, 3.05) is 13.1 Å². The topological polar surface area (TPSA) is 81.4 Å². The molecule has 7 nitrogen and oxygen atoms in total. The summed E-state index contributed by atoms with van der Waals surface area (Å²) in [5, 5.41) is 5.01. The van der Waals surface area contributed by atoms with Crippen molar-refractivity contribution in [1.82, 2.24) is 20.0 Å². The number of amides is 1. The number of fused-ring (bicyclic) bond motifs is 1. The lowest BCUT2D eigenvalue weighted by atomic mass is 9.97. The highest BCUT2D eigenvalue weighted by Gasteiger charge is 2.28. The van der Waals surface area contributed by atoms with Crippen molar-refractivity contribution in [3.05, 3.63) is 70.8 Å². The van der Waals surface area contributed by atoms with Crippen molar-refractivity contribution < 1.29 is 14.1 Å². The summed E-state index contributed by atoms with van der Waals surface area (Å²) in [4.78, 5) is 24.1. The number of thiazole rings is 1. The van der Waals surface area contributed by atoms with Crippen molar-refractivity contribution in [2.45, 2.75) is 32.3 Å². The lowest BCUT2D eigenvalue weighted by molar-refractivity contribution is 0.0708. The molecule has 1 aliphatic heterocycles. The predicted molar refractivity (Wildman–Crippen MR) is 117 cm³/mol. The molecule has 0 saturated carbocycles. The van der Waals surface area contributed by atoms with Gasteiger partial charge in [0.2, 0.25) is 11.7 Å². The molecule has 0 bridgehead atoms. The van der Waals surface area contributed by atoms with Gasteiger partial charge >= 0.3 is 0 Å². The number of likely N-dealkylation sites (tertiary alicyclic amines) is 1. The highest BCUT2D eigenvalue weighted by molar-refractivity contribution is 7.18. The lowest BCUT2D eigenvalue weighted by Crippen LogP contribution is -2.38. The molecular weight excluding hydrogens is 412 g/mol. The first-order valence-electron chi connectivity index (χ1n) is 10.3. The first kappa shape index (κ1) is 19.7. The van der Waals surface area contributed by atoms with E-state index in [9.17, 15) is 4.79 Å². The molecule has 2 aromatic carbocycles. The predicted octanol–water partition coefficient (Wildman–Crippen LogP) is 4.59. The third-order valence-corrected chi connectivity index (χ3v) is 6.68. The second kappa shape index (κ2) is 8.47. The molecule has 0 unspecified atom stereocenters. The number of nitrogens with zero attached hydrogens (tertiary/aromatic N) is 4. The molecule has 5 rings (SSSR count). The molecule has 1 saturated heterocycles. The summed E-state index contributed by atoms with van der Waals surface area (Å²) in [5.41, 5.74) is 1.62. The van der Waals surface area contributed by atoms with Crippen LogP contribution in [-0.4, -0.2) is 39.0 Å². The number of hydrogen-bond donors (Lipinski definition) is 0. The van der Waals surface area contributed by atoms with Gasteiger partial charge in [0, 0.05) is 25.9 Å². The van der Waals surface area contributed by atoms with Gasteiger partial charge in [-0.1, -0.05) is 29.4 Å². The van der Waals surface area contributed by atoms with E-state index in [0.29, 0.717) is 42.0 Å². The minimum atomic E-state index is -0.0114. The molecule has 0 radical (unpaired) electrons. The molecule has 1 aliphatic rings. The number of carbonyl (C=O) groups excluding carboxylic acids is 1. The Morgan fingerprint density at radius 2 is 1.90 bits per heavy atom. The van der Waals surface area contributed by atoms with Gasteiger partial charge in [-0.05, 0) is 37.1 Å². The molecular formula is C23H22N4O3S. The number of ether oxygens (including phenoxy) is 1. The monoisotopic (exact) mass is 434 g/mol. The van der Waals surface area contributed by atoms with Crippen LogP contribution in [0.1, 0.15) is 45.8 Å². The van der Waals surface area contributed by atoms with Crippen molar-refractivity contribution >= 4 is 27.5 Å². The van der Waals surface area contributed by atoms with E-state index in [-0.39, 0.29) is 12.5 Å². The summed E-state index contributed by atoms with van der Waals surface area (Å²) < 4.78 is 12.0. The fourth-order valence-electron chi connectivity index (χ4n) is 3.88. The molecule has 0 spiro atoms. The van der Waals surface area contributed by atoms with Gasteiger partial charge < -0.3 is 14.2 Å². The summed E-state index contributed by atoms with van der Waals surface area (Å²) in [7, 11) is 0. The van der Waals surface area contributed by atoms with E-state index in [1.165, 1.54) is 9.71 Å². The second-order valence-corrected chi connectivity index (χ2v) is 8.66. The molecule has 0 N–H and O–H groups in total. The molecule has 8 heteroatoms. The quantitative estimate of drug-likeness (QED) is 0.457. The smallest absolute Gasteiger partial charge is 0.257 e. The van der Waals surface area contributed by atoms with Crippen LogP contribution in [0.5, 0.6) is 5.75 Å². The van der Waals surface area contributed by atoms with Gasteiger partial charge in [0.1, 0.15) is 5.75 Å². The Morgan fingerprint density at radius 3 is 2.68 bits per heavy atom. The Labute approximate surface area is 183 Å². The zero-order valence-corrected chi connectivity index (χ0v) is 18.0. The van der Waals surface area contributed by atoms with E-state index >= 15 is 0 Å². The Hall–Kier alpha value is -3.26. The van der Waals surface area contributed by atoms with E-state index in [1.54, 1.807) is 30.4 Å². The minimum absolute atomic E-state index is 0.0114. The van der Waals surface area contributed by atoms with Crippen LogP contribution in [0.2, 0.25) is 0 Å².